The molecule has 0 aliphatic rings. The average Bonchev–Trinajstić information content (AvgIpc) is 3.63. The molecule has 0 aliphatic heterocycles. The van der Waals surface area contributed by atoms with Crippen molar-refractivity contribution in [1.82, 2.24) is 9.55 Å². The molecule has 2 aromatic heterocycles. The maximum Gasteiger partial charge on any atom is 0.227 e. The van der Waals surface area contributed by atoms with Gasteiger partial charge in [0.15, 0.2) is 5.58 Å². The summed E-state index contributed by atoms with van der Waals surface area (Å²) in [5, 5.41) is 7.35. The molecule has 9 rings (SSSR count). The summed E-state index contributed by atoms with van der Waals surface area (Å²) in [5.74, 6) is 0.649. The van der Waals surface area contributed by atoms with E-state index in [4.69, 9.17) is 4.42 Å². The maximum atomic E-state index is 6.01. The van der Waals surface area contributed by atoms with Gasteiger partial charge in [-0.15, -0.1) is 0 Å². The third-order valence-corrected chi connectivity index (χ3v) is 8.38. The van der Waals surface area contributed by atoms with Gasteiger partial charge >= 0.3 is 0 Å². The summed E-state index contributed by atoms with van der Waals surface area (Å²) >= 11 is 0. The standard InChI is InChI=1S/C39H24N2O/c1-2-8-26-23-32(19-17-25(26)7-1)41-36-11-5-3-9-33(36)34-24-30(18-20-37(34)41)28-13-14-29-22-31(16-15-27(29)21-28)39-40-35-10-4-6-12-38(35)42-39/h1-24H. The molecule has 0 amide bonds. The molecule has 0 spiro atoms. The number of oxazole rings is 1. The molecular weight excluding hydrogens is 512 g/mol. The van der Waals surface area contributed by atoms with E-state index in [1.165, 1.54) is 54.8 Å². The minimum Gasteiger partial charge on any atom is -0.436 e. The Morgan fingerprint density at radius 3 is 2.00 bits per heavy atom. The third kappa shape index (κ3) is 3.57. The SMILES string of the molecule is c1ccc2cc(-n3c4ccccc4c4cc(-c5ccc6cc(-c7nc8ccccc8o7)ccc6c5)ccc43)ccc2c1. The first kappa shape index (κ1) is 23.1. The van der Waals surface area contributed by atoms with Crippen molar-refractivity contribution >= 4 is 54.5 Å². The predicted octanol–water partition coefficient (Wildman–Crippen LogP) is 10.6. The normalized spacial score (nSPS) is 11.8. The number of nitrogens with zero attached hydrogens (tertiary/aromatic N) is 2. The fourth-order valence-electron chi connectivity index (χ4n) is 6.30. The van der Waals surface area contributed by atoms with Gasteiger partial charge in [0.1, 0.15) is 5.52 Å². The second-order valence-electron chi connectivity index (χ2n) is 10.9. The highest BCUT2D eigenvalue weighted by Gasteiger charge is 2.14. The van der Waals surface area contributed by atoms with E-state index in [1.807, 2.05) is 24.3 Å². The molecule has 9 aromatic rings. The zero-order valence-corrected chi connectivity index (χ0v) is 22.7. The molecule has 0 saturated carbocycles. The van der Waals surface area contributed by atoms with Crippen molar-refractivity contribution in [3.63, 3.8) is 0 Å². The Morgan fingerprint density at radius 2 is 1.10 bits per heavy atom. The van der Waals surface area contributed by atoms with Crippen molar-refractivity contribution < 1.29 is 4.42 Å². The molecule has 3 heteroatoms. The highest BCUT2D eigenvalue weighted by molar-refractivity contribution is 6.11. The number of rotatable bonds is 3. The molecule has 0 fully saturated rings. The molecule has 0 saturated heterocycles. The highest BCUT2D eigenvalue weighted by atomic mass is 16.3. The second-order valence-corrected chi connectivity index (χ2v) is 10.9. The Hall–Kier alpha value is -5.67. The number of hydrogen-bond donors (Lipinski definition) is 0. The summed E-state index contributed by atoms with van der Waals surface area (Å²) in [7, 11) is 0. The summed E-state index contributed by atoms with van der Waals surface area (Å²) in [4.78, 5) is 4.68. The molecule has 0 N–H and O–H groups in total. The van der Waals surface area contributed by atoms with Crippen LogP contribution in [0.5, 0.6) is 0 Å². The fraction of sp³-hybridized carbons (Fsp3) is 0. The number of para-hydroxylation sites is 3. The van der Waals surface area contributed by atoms with Crippen LogP contribution in [-0.2, 0) is 0 Å². The smallest absolute Gasteiger partial charge is 0.227 e. The zero-order valence-electron chi connectivity index (χ0n) is 22.7. The highest BCUT2D eigenvalue weighted by Crippen LogP contribution is 2.36. The molecular formula is C39H24N2O. The average molecular weight is 537 g/mol. The summed E-state index contributed by atoms with van der Waals surface area (Å²) in [6.07, 6.45) is 0. The van der Waals surface area contributed by atoms with Crippen molar-refractivity contribution in [2.45, 2.75) is 0 Å². The van der Waals surface area contributed by atoms with E-state index >= 15 is 0 Å². The Bertz CT molecular complexity index is 2450. The van der Waals surface area contributed by atoms with Crippen molar-refractivity contribution in [3.05, 3.63) is 146 Å². The zero-order chi connectivity index (χ0) is 27.6. The number of fused-ring (bicyclic) bond motifs is 6. The van der Waals surface area contributed by atoms with E-state index < -0.39 is 0 Å². The third-order valence-electron chi connectivity index (χ3n) is 8.38. The molecule has 0 radical (unpaired) electrons. The Labute approximate surface area is 241 Å². The van der Waals surface area contributed by atoms with E-state index in [9.17, 15) is 0 Å². The van der Waals surface area contributed by atoms with Gasteiger partial charge in [-0.05, 0) is 93.3 Å². The van der Waals surface area contributed by atoms with Crippen molar-refractivity contribution in [3.8, 4) is 28.3 Å². The summed E-state index contributed by atoms with van der Waals surface area (Å²) in [5.41, 5.74) is 8.66. The molecule has 3 nitrogen and oxygen atoms in total. The van der Waals surface area contributed by atoms with Crippen LogP contribution in [0.2, 0.25) is 0 Å². The van der Waals surface area contributed by atoms with Gasteiger partial charge < -0.3 is 8.98 Å². The van der Waals surface area contributed by atoms with E-state index in [-0.39, 0.29) is 0 Å². The maximum absolute atomic E-state index is 6.01. The van der Waals surface area contributed by atoms with Crippen LogP contribution in [-0.4, -0.2) is 9.55 Å². The van der Waals surface area contributed by atoms with Gasteiger partial charge in [0, 0.05) is 22.0 Å². The van der Waals surface area contributed by atoms with Crippen molar-refractivity contribution in [2.75, 3.05) is 0 Å². The van der Waals surface area contributed by atoms with Gasteiger partial charge in [-0.3, -0.25) is 0 Å². The van der Waals surface area contributed by atoms with Gasteiger partial charge in [0.25, 0.3) is 0 Å². The van der Waals surface area contributed by atoms with Crippen LogP contribution in [0.25, 0.3) is 82.7 Å². The lowest BCUT2D eigenvalue weighted by Gasteiger charge is -2.10. The molecule has 0 atom stereocenters. The van der Waals surface area contributed by atoms with E-state index in [2.05, 4.69) is 131 Å². The van der Waals surface area contributed by atoms with Gasteiger partial charge in [-0.1, -0.05) is 84.9 Å². The van der Waals surface area contributed by atoms with Crippen LogP contribution in [0, 0.1) is 0 Å². The first-order chi connectivity index (χ1) is 20.8. The monoisotopic (exact) mass is 536 g/mol. The lowest BCUT2D eigenvalue weighted by atomic mass is 9.98. The van der Waals surface area contributed by atoms with Crippen LogP contribution in [0.4, 0.5) is 0 Å². The molecule has 7 aromatic carbocycles. The summed E-state index contributed by atoms with van der Waals surface area (Å²) in [6, 6.07) is 51.8. The van der Waals surface area contributed by atoms with Crippen LogP contribution >= 0.6 is 0 Å². The second kappa shape index (κ2) is 8.92. The quantitative estimate of drug-likeness (QED) is 0.225. The van der Waals surface area contributed by atoms with E-state index in [0.717, 1.165) is 22.0 Å². The molecule has 196 valence electrons. The first-order valence-electron chi connectivity index (χ1n) is 14.2. The minimum absolute atomic E-state index is 0.649. The van der Waals surface area contributed by atoms with Gasteiger partial charge in [0.2, 0.25) is 5.89 Å². The molecule has 2 heterocycles. The van der Waals surface area contributed by atoms with Gasteiger partial charge in [0.05, 0.1) is 11.0 Å². The van der Waals surface area contributed by atoms with Crippen LogP contribution in [0.15, 0.2) is 150 Å². The largest absolute Gasteiger partial charge is 0.436 e. The summed E-state index contributed by atoms with van der Waals surface area (Å²) < 4.78 is 8.40. The van der Waals surface area contributed by atoms with Crippen LogP contribution in [0.1, 0.15) is 0 Å². The lowest BCUT2D eigenvalue weighted by molar-refractivity contribution is 0.620. The topological polar surface area (TPSA) is 31.0 Å². The number of aromatic nitrogens is 2. The van der Waals surface area contributed by atoms with E-state index in [1.54, 1.807) is 0 Å². The van der Waals surface area contributed by atoms with E-state index in [0.29, 0.717) is 5.89 Å². The Morgan fingerprint density at radius 1 is 0.452 bits per heavy atom. The first-order valence-corrected chi connectivity index (χ1v) is 14.2. The fourth-order valence-corrected chi connectivity index (χ4v) is 6.30. The molecule has 42 heavy (non-hydrogen) atoms. The van der Waals surface area contributed by atoms with Crippen LogP contribution < -0.4 is 0 Å². The van der Waals surface area contributed by atoms with Gasteiger partial charge in [-0.25, -0.2) is 4.98 Å². The van der Waals surface area contributed by atoms with Crippen molar-refractivity contribution in [2.24, 2.45) is 0 Å². The van der Waals surface area contributed by atoms with Crippen LogP contribution in [0.3, 0.4) is 0 Å². The van der Waals surface area contributed by atoms with Gasteiger partial charge in [-0.2, -0.15) is 0 Å². The number of hydrogen-bond acceptors (Lipinski definition) is 2. The predicted molar refractivity (Wildman–Crippen MR) is 174 cm³/mol. The summed E-state index contributed by atoms with van der Waals surface area (Å²) in [6.45, 7) is 0. The Kier molecular flexibility index (Phi) is 4.90. The lowest BCUT2D eigenvalue weighted by Crippen LogP contribution is -1.93. The molecule has 0 aliphatic carbocycles. The van der Waals surface area contributed by atoms with Crippen molar-refractivity contribution in [1.29, 1.82) is 0 Å². The Balaban J connectivity index is 1.15. The number of benzene rings is 7. The minimum atomic E-state index is 0.649. The molecule has 0 bridgehead atoms. The molecule has 0 unspecified atom stereocenters.